The summed E-state index contributed by atoms with van der Waals surface area (Å²) in [4.78, 5) is 69.4. The number of phenols is 1. The first kappa shape index (κ1) is 35.9. The third-order valence-corrected chi connectivity index (χ3v) is 12.4. The first-order valence-electron chi connectivity index (χ1n) is 15.8. The maximum Gasteiger partial charge on any atom is 0.347 e. The van der Waals surface area contributed by atoms with Crippen LogP contribution in [0.4, 0.5) is 0 Å². The van der Waals surface area contributed by atoms with Crippen molar-refractivity contribution in [1.82, 2.24) is 23.5 Å². The van der Waals surface area contributed by atoms with Gasteiger partial charge < -0.3 is 23.9 Å². The Morgan fingerprint density at radius 3 is 2.23 bits per heavy atom. The number of alkyl halides is 2. The van der Waals surface area contributed by atoms with Crippen molar-refractivity contribution in [3.8, 4) is 23.0 Å². The summed E-state index contributed by atoms with van der Waals surface area (Å²) in [6, 6.07) is 6.27. The number of halogens is 4. The summed E-state index contributed by atoms with van der Waals surface area (Å²) in [5.74, 6) is -2.34. The van der Waals surface area contributed by atoms with Gasteiger partial charge in [-0.15, -0.1) is 23.2 Å². The molecule has 1 aliphatic heterocycles. The van der Waals surface area contributed by atoms with E-state index >= 15 is 0 Å². The molecule has 3 heterocycles. The van der Waals surface area contributed by atoms with Gasteiger partial charge in [0.1, 0.15) is 37.0 Å². The standard InChI is InChI=1S/C34H29Cl4N5O9/c1-40-20-13-24(52-4)23(51-3)12-19(20)39-18(30(40)47)8-9-41-31(48)42-10-7-16-21(43(42)32(41)49)14-33(37)28(45)26(35)27(36)29(46)34(33,38)25(16)17-6-5-15(44)11-22(17)50-2/h5-7,11-13,21,25,44H,8-10,14H2,1-4H3. The minimum Gasteiger partial charge on any atom is -0.508 e. The molecule has 0 amide bonds. The van der Waals surface area contributed by atoms with Gasteiger partial charge in [0.15, 0.2) is 23.1 Å². The first-order valence-corrected chi connectivity index (χ1v) is 17.3. The largest absolute Gasteiger partial charge is 0.508 e. The van der Waals surface area contributed by atoms with Crippen molar-refractivity contribution in [2.24, 2.45) is 7.05 Å². The summed E-state index contributed by atoms with van der Waals surface area (Å²) in [6.07, 6.45) is 1.12. The summed E-state index contributed by atoms with van der Waals surface area (Å²) in [5.41, 5.74) is -0.253. The number of aromatic nitrogens is 5. The third-order valence-electron chi connectivity index (χ3n) is 10.1. The van der Waals surface area contributed by atoms with E-state index in [2.05, 4.69) is 4.98 Å². The number of aryl methyl sites for hydroxylation is 2. The number of ketones is 2. The molecule has 0 radical (unpaired) electrons. The molecule has 0 bridgehead atoms. The van der Waals surface area contributed by atoms with Crippen LogP contribution >= 0.6 is 46.4 Å². The molecule has 0 spiro atoms. The number of aromatic hydroxyl groups is 1. The van der Waals surface area contributed by atoms with E-state index in [1.54, 1.807) is 25.3 Å². The van der Waals surface area contributed by atoms with Crippen LogP contribution in [-0.2, 0) is 36.1 Å². The van der Waals surface area contributed by atoms with Crippen molar-refractivity contribution in [3.63, 3.8) is 0 Å². The molecule has 7 rings (SSSR count). The topological polar surface area (TPSA) is 166 Å². The molecule has 18 heteroatoms. The Labute approximate surface area is 313 Å². The van der Waals surface area contributed by atoms with Gasteiger partial charge in [-0.05, 0) is 11.6 Å². The maximum absolute atomic E-state index is 14.2. The number of nitrogens with zero attached hydrogens (tertiary/aromatic N) is 5. The zero-order valence-corrected chi connectivity index (χ0v) is 30.9. The number of hydrogen-bond donors (Lipinski definition) is 1. The number of carbonyl (C=O) groups excluding carboxylic acids is 2. The van der Waals surface area contributed by atoms with Crippen LogP contribution in [0.5, 0.6) is 23.0 Å². The fraction of sp³-hybridized carbons (Fsp3) is 0.353. The summed E-state index contributed by atoms with van der Waals surface area (Å²) < 4.78 is 21.0. The lowest BCUT2D eigenvalue weighted by Gasteiger charge is -2.54. The highest BCUT2D eigenvalue weighted by atomic mass is 35.5. The number of benzene rings is 2. The molecular formula is C34H29Cl4N5O9. The Bertz CT molecular complexity index is 2500. The first-order chi connectivity index (χ1) is 24.6. The predicted molar refractivity (Wildman–Crippen MR) is 192 cm³/mol. The fourth-order valence-corrected chi connectivity index (χ4v) is 9.10. The Morgan fingerprint density at radius 1 is 0.904 bits per heavy atom. The number of carbonyl (C=O) groups is 2. The van der Waals surface area contributed by atoms with Gasteiger partial charge in [-0.25, -0.2) is 28.5 Å². The fourth-order valence-electron chi connectivity index (χ4n) is 7.58. The molecule has 1 saturated carbocycles. The lowest BCUT2D eigenvalue weighted by molar-refractivity contribution is -0.128. The second kappa shape index (κ2) is 12.6. The van der Waals surface area contributed by atoms with Crippen molar-refractivity contribution in [3.05, 3.63) is 94.6 Å². The lowest BCUT2D eigenvalue weighted by atomic mass is 9.59. The van der Waals surface area contributed by atoms with E-state index in [4.69, 9.17) is 60.6 Å². The van der Waals surface area contributed by atoms with Gasteiger partial charge in [-0.1, -0.05) is 35.3 Å². The highest BCUT2D eigenvalue weighted by Crippen LogP contribution is 2.64. The van der Waals surface area contributed by atoms with E-state index in [1.807, 2.05) is 0 Å². The number of methoxy groups -OCH3 is 3. The van der Waals surface area contributed by atoms with Crippen molar-refractivity contribution in [2.75, 3.05) is 21.3 Å². The molecule has 272 valence electrons. The van der Waals surface area contributed by atoms with Crippen molar-refractivity contribution >= 4 is 69.0 Å². The number of rotatable bonds is 7. The normalized spacial score (nSPS) is 24.0. The molecule has 2 aromatic carbocycles. The van der Waals surface area contributed by atoms with E-state index in [-0.39, 0.29) is 42.3 Å². The predicted octanol–water partition coefficient (Wildman–Crippen LogP) is 3.50. The van der Waals surface area contributed by atoms with E-state index in [1.165, 1.54) is 53.5 Å². The van der Waals surface area contributed by atoms with Crippen LogP contribution in [0.15, 0.2) is 66.4 Å². The van der Waals surface area contributed by atoms with Crippen molar-refractivity contribution in [2.45, 2.75) is 47.6 Å². The quantitative estimate of drug-likeness (QED) is 0.216. The Morgan fingerprint density at radius 2 is 1.56 bits per heavy atom. The Kier molecular flexibility index (Phi) is 8.68. The van der Waals surface area contributed by atoms with Gasteiger partial charge in [-0.2, -0.15) is 0 Å². The molecule has 4 aromatic rings. The number of fused-ring (bicyclic) bond motifs is 5. The zero-order chi connectivity index (χ0) is 37.6. The number of Topliss-reactive ketones (excluding diaryl/α,β-unsaturated/α-hetero) is 2. The molecular weight excluding hydrogens is 764 g/mol. The van der Waals surface area contributed by atoms with Gasteiger partial charge >= 0.3 is 11.4 Å². The van der Waals surface area contributed by atoms with Crippen LogP contribution < -0.4 is 31.1 Å². The number of hydrogen-bond acceptors (Lipinski definition) is 10. The van der Waals surface area contributed by atoms with Crippen molar-refractivity contribution in [1.29, 1.82) is 0 Å². The number of phenolic OH excluding ortho intramolecular Hbond substituents is 1. The minimum atomic E-state index is -2.27. The molecule has 0 saturated heterocycles. The van der Waals surface area contributed by atoms with Crippen LogP contribution in [0, 0.1) is 0 Å². The highest BCUT2D eigenvalue weighted by Gasteiger charge is 2.71. The molecule has 4 atom stereocenters. The second-order valence-corrected chi connectivity index (χ2v) is 14.6. The minimum absolute atomic E-state index is 0.0925. The van der Waals surface area contributed by atoms with Gasteiger partial charge in [0.25, 0.3) is 5.56 Å². The molecule has 1 fully saturated rings. The summed E-state index contributed by atoms with van der Waals surface area (Å²) in [5, 5.41) is 9.03. The summed E-state index contributed by atoms with van der Waals surface area (Å²) in [7, 11) is 5.86. The van der Waals surface area contributed by atoms with Crippen LogP contribution in [-0.4, -0.2) is 71.2 Å². The van der Waals surface area contributed by atoms with Gasteiger partial charge in [0, 0.05) is 56.1 Å². The average Bonchev–Trinajstić information content (AvgIpc) is 3.38. The van der Waals surface area contributed by atoms with Crippen LogP contribution in [0.3, 0.4) is 0 Å². The Hall–Kier alpha value is -4.50. The SMILES string of the molecule is COc1cc2nc(CCn3c(=O)n4n(c3=O)C3CC5(Cl)C(=O)C(Cl)=C(Cl)C(=O)C5(Cl)C(c5ccc(O)cc5OC)C3=CC4)c(=O)n(C)c2cc1OC. The summed E-state index contributed by atoms with van der Waals surface area (Å²) >= 11 is 27.0. The molecule has 3 aliphatic rings. The van der Waals surface area contributed by atoms with E-state index < -0.39 is 66.7 Å². The average molecular weight is 793 g/mol. The van der Waals surface area contributed by atoms with E-state index in [0.717, 1.165) is 4.57 Å². The Balaban J connectivity index is 1.35. The third kappa shape index (κ3) is 4.84. The lowest BCUT2D eigenvalue weighted by Crippen LogP contribution is -2.67. The molecule has 4 unspecified atom stereocenters. The van der Waals surface area contributed by atoms with E-state index in [0.29, 0.717) is 28.1 Å². The monoisotopic (exact) mass is 791 g/mol. The molecule has 2 aliphatic carbocycles. The molecule has 52 heavy (non-hydrogen) atoms. The molecule has 1 N–H and O–H groups in total. The smallest absolute Gasteiger partial charge is 0.347 e. The van der Waals surface area contributed by atoms with Crippen LogP contribution in [0.25, 0.3) is 11.0 Å². The zero-order valence-electron chi connectivity index (χ0n) is 27.9. The van der Waals surface area contributed by atoms with Crippen LogP contribution in [0.1, 0.15) is 29.6 Å². The second-order valence-electron chi connectivity index (χ2n) is 12.6. The number of allylic oxidation sites excluding steroid dienone is 4. The van der Waals surface area contributed by atoms with Gasteiger partial charge in [0.2, 0.25) is 0 Å². The summed E-state index contributed by atoms with van der Waals surface area (Å²) in [6.45, 7) is -0.355. The van der Waals surface area contributed by atoms with Crippen molar-refractivity contribution < 1.29 is 28.9 Å². The highest BCUT2D eigenvalue weighted by molar-refractivity contribution is 6.66. The van der Waals surface area contributed by atoms with Gasteiger partial charge in [-0.3, -0.25) is 14.4 Å². The number of ether oxygens (including phenoxy) is 3. The van der Waals surface area contributed by atoms with Gasteiger partial charge in [0.05, 0.1) is 44.9 Å². The van der Waals surface area contributed by atoms with Crippen LogP contribution in [0.2, 0.25) is 0 Å². The molecule has 14 nitrogen and oxygen atoms in total. The maximum atomic E-state index is 14.2. The molecule has 2 aromatic heterocycles. The van der Waals surface area contributed by atoms with E-state index in [9.17, 15) is 29.1 Å².